The van der Waals surface area contributed by atoms with E-state index in [2.05, 4.69) is 0 Å². The fraction of sp³-hybridized carbons (Fsp3) is 0.158. The molecule has 0 amide bonds. The molecule has 6 nitrogen and oxygen atoms in total. The van der Waals surface area contributed by atoms with Crippen LogP contribution in [0, 0.1) is 0 Å². The Kier molecular flexibility index (Phi) is 4.99. The summed E-state index contributed by atoms with van der Waals surface area (Å²) in [6, 6.07) is 15.4. The van der Waals surface area contributed by atoms with Crippen molar-refractivity contribution in [3.05, 3.63) is 70.6 Å². The first-order valence-electron chi connectivity index (χ1n) is 7.64. The van der Waals surface area contributed by atoms with Crippen molar-refractivity contribution in [3.8, 4) is 11.5 Å². The summed E-state index contributed by atoms with van der Waals surface area (Å²) in [6.07, 6.45) is 0. The number of carbonyl (C=O) groups is 1. The van der Waals surface area contributed by atoms with E-state index in [1.807, 2.05) is 0 Å². The maximum absolute atomic E-state index is 12.0. The van der Waals surface area contributed by atoms with Crippen LogP contribution in [0.25, 0.3) is 11.0 Å². The van der Waals surface area contributed by atoms with Gasteiger partial charge in [0, 0.05) is 5.39 Å². The largest absolute Gasteiger partial charge is 0.497 e. The summed E-state index contributed by atoms with van der Waals surface area (Å²) in [5.74, 6) is 0.613. The molecule has 3 rings (SSSR count). The highest BCUT2D eigenvalue weighted by atomic mass is 16.6. The van der Waals surface area contributed by atoms with Crippen molar-refractivity contribution in [3.63, 3.8) is 0 Å². The van der Waals surface area contributed by atoms with Gasteiger partial charge in [0.25, 0.3) is 0 Å². The lowest BCUT2D eigenvalue weighted by molar-refractivity contribution is 0.0446. The minimum Gasteiger partial charge on any atom is -0.497 e. The average molecular weight is 340 g/mol. The third-order valence-corrected chi connectivity index (χ3v) is 3.51. The van der Waals surface area contributed by atoms with Gasteiger partial charge in [0.1, 0.15) is 35.9 Å². The molecule has 128 valence electrons. The lowest BCUT2D eigenvalue weighted by Gasteiger charge is -2.08. The van der Waals surface area contributed by atoms with Gasteiger partial charge in [0.15, 0.2) is 0 Å². The molecule has 6 heteroatoms. The second-order valence-corrected chi connectivity index (χ2v) is 5.15. The molecule has 25 heavy (non-hydrogen) atoms. The number of para-hydroxylation sites is 1. The fourth-order valence-electron chi connectivity index (χ4n) is 2.25. The minimum atomic E-state index is -0.738. The number of esters is 1. The number of fused-ring (bicyclic) bond motifs is 1. The van der Waals surface area contributed by atoms with Crippen LogP contribution in [0.3, 0.4) is 0 Å². The summed E-state index contributed by atoms with van der Waals surface area (Å²) in [7, 11) is 1.58. The Hall–Kier alpha value is -3.28. The Morgan fingerprint density at radius 3 is 2.48 bits per heavy atom. The number of rotatable bonds is 6. The highest BCUT2D eigenvalue weighted by Crippen LogP contribution is 2.17. The van der Waals surface area contributed by atoms with Gasteiger partial charge >= 0.3 is 11.6 Å². The average Bonchev–Trinajstić information content (AvgIpc) is 2.65. The third kappa shape index (κ3) is 3.98. The number of benzene rings is 2. The molecular formula is C19H16O6. The summed E-state index contributed by atoms with van der Waals surface area (Å²) in [4.78, 5) is 23.9. The van der Waals surface area contributed by atoms with Crippen molar-refractivity contribution in [2.45, 2.75) is 0 Å². The van der Waals surface area contributed by atoms with Gasteiger partial charge in [-0.2, -0.15) is 0 Å². The summed E-state index contributed by atoms with van der Waals surface area (Å²) in [5.41, 5.74) is -0.435. The zero-order chi connectivity index (χ0) is 17.6. The predicted octanol–water partition coefficient (Wildman–Crippen LogP) is 3.04. The second kappa shape index (κ2) is 7.53. The molecule has 0 aliphatic carbocycles. The van der Waals surface area contributed by atoms with E-state index in [-0.39, 0.29) is 18.8 Å². The molecule has 1 heterocycles. The van der Waals surface area contributed by atoms with E-state index in [9.17, 15) is 9.59 Å². The zero-order valence-corrected chi connectivity index (χ0v) is 13.6. The molecule has 0 radical (unpaired) electrons. The predicted molar refractivity (Wildman–Crippen MR) is 91.3 cm³/mol. The molecule has 0 spiro atoms. The molecule has 0 unspecified atom stereocenters. The molecule has 0 bridgehead atoms. The molecule has 2 aromatic carbocycles. The molecule has 0 aliphatic rings. The molecular weight excluding hydrogens is 324 g/mol. The van der Waals surface area contributed by atoms with E-state index < -0.39 is 11.6 Å². The maximum Gasteiger partial charge on any atom is 0.351 e. The Balaban J connectivity index is 1.57. The highest BCUT2D eigenvalue weighted by Gasteiger charge is 2.15. The van der Waals surface area contributed by atoms with Gasteiger partial charge in [-0.25, -0.2) is 9.59 Å². The smallest absolute Gasteiger partial charge is 0.351 e. The summed E-state index contributed by atoms with van der Waals surface area (Å²) in [6.45, 7) is 0.175. The van der Waals surface area contributed by atoms with Crippen LogP contribution in [0.4, 0.5) is 0 Å². The zero-order valence-electron chi connectivity index (χ0n) is 13.6. The summed E-state index contributed by atoms with van der Waals surface area (Å²) in [5, 5.41) is 0.656. The van der Waals surface area contributed by atoms with E-state index in [0.29, 0.717) is 16.7 Å². The SMILES string of the molecule is COc1ccc(OCCOC(=O)c2cc3ccccc3oc2=O)cc1. The van der Waals surface area contributed by atoms with Gasteiger partial charge in [-0.15, -0.1) is 0 Å². The summed E-state index contributed by atoms with van der Waals surface area (Å²) >= 11 is 0. The van der Waals surface area contributed by atoms with Crippen molar-refractivity contribution in [1.82, 2.24) is 0 Å². The van der Waals surface area contributed by atoms with Gasteiger partial charge in [-0.1, -0.05) is 18.2 Å². The van der Waals surface area contributed by atoms with Crippen LogP contribution in [0.5, 0.6) is 11.5 Å². The minimum absolute atomic E-state index is 0.0110. The monoisotopic (exact) mass is 340 g/mol. The second-order valence-electron chi connectivity index (χ2n) is 5.15. The fourth-order valence-corrected chi connectivity index (χ4v) is 2.25. The number of ether oxygens (including phenoxy) is 3. The van der Waals surface area contributed by atoms with Gasteiger partial charge in [-0.05, 0) is 36.4 Å². The molecule has 1 aromatic heterocycles. The Labute approximate surface area is 143 Å². The molecule has 0 N–H and O–H groups in total. The van der Waals surface area contributed by atoms with Gasteiger partial charge in [-0.3, -0.25) is 0 Å². The summed E-state index contributed by atoms with van der Waals surface area (Å²) < 4.78 is 20.7. The first-order valence-corrected chi connectivity index (χ1v) is 7.64. The van der Waals surface area contributed by atoms with Crippen LogP contribution in [-0.2, 0) is 4.74 Å². The highest BCUT2D eigenvalue weighted by molar-refractivity contribution is 5.92. The van der Waals surface area contributed by atoms with Gasteiger partial charge in [0.2, 0.25) is 0 Å². The van der Waals surface area contributed by atoms with Crippen LogP contribution in [0.2, 0.25) is 0 Å². The maximum atomic E-state index is 12.0. The van der Waals surface area contributed by atoms with E-state index in [4.69, 9.17) is 18.6 Å². The molecule has 3 aromatic rings. The van der Waals surface area contributed by atoms with Gasteiger partial charge in [0.05, 0.1) is 7.11 Å². The molecule has 0 fully saturated rings. The topological polar surface area (TPSA) is 75.0 Å². The van der Waals surface area contributed by atoms with E-state index in [1.54, 1.807) is 55.6 Å². The van der Waals surface area contributed by atoms with Crippen LogP contribution in [0.1, 0.15) is 10.4 Å². The standard InChI is InChI=1S/C19H16O6/c1-22-14-6-8-15(9-7-14)23-10-11-24-18(20)16-12-13-4-2-3-5-17(13)25-19(16)21/h2-9,12H,10-11H2,1H3. The lowest BCUT2D eigenvalue weighted by atomic mass is 10.2. The number of methoxy groups -OCH3 is 1. The normalized spacial score (nSPS) is 10.4. The van der Waals surface area contributed by atoms with E-state index >= 15 is 0 Å². The van der Waals surface area contributed by atoms with E-state index in [0.717, 1.165) is 5.75 Å². The van der Waals surface area contributed by atoms with Crippen LogP contribution in [-0.4, -0.2) is 26.3 Å². The Bertz CT molecular complexity index is 927. The first kappa shape index (κ1) is 16.6. The van der Waals surface area contributed by atoms with Crippen molar-refractivity contribution < 1.29 is 23.4 Å². The number of hydrogen-bond donors (Lipinski definition) is 0. The molecule has 0 saturated carbocycles. The Morgan fingerprint density at radius 1 is 1.00 bits per heavy atom. The first-order chi connectivity index (χ1) is 12.2. The molecule has 0 aliphatic heterocycles. The van der Waals surface area contributed by atoms with Crippen molar-refractivity contribution >= 4 is 16.9 Å². The van der Waals surface area contributed by atoms with Crippen LogP contribution >= 0.6 is 0 Å². The van der Waals surface area contributed by atoms with Gasteiger partial charge < -0.3 is 18.6 Å². The third-order valence-electron chi connectivity index (χ3n) is 3.51. The Morgan fingerprint density at radius 2 is 1.72 bits per heavy atom. The number of carbonyl (C=O) groups excluding carboxylic acids is 1. The van der Waals surface area contributed by atoms with E-state index in [1.165, 1.54) is 6.07 Å². The van der Waals surface area contributed by atoms with Crippen LogP contribution < -0.4 is 15.1 Å². The van der Waals surface area contributed by atoms with Crippen molar-refractivity contribution in [2.24, 2.45) is 0 Å². The van der Waals surface area contributed by atoms with Crippen molar-refractivity contribution in [2.75, 3.05) is 20.3 Å². The van der Waals surface area contributed by atoms with Crippen molar-refractivity contribution in [1.29, 1.82) is 0 Å². The quantitative estimate of drug-likeness (QED) is 0.390. The molecule has 0 atom stereocenters. The molecule has 0 saturated heterocycles. The number of hydrogen-bond acceptors (Lipinski definition) is 6. The lowest BCUT2D eigenvalue weighted by Crippen LogP contribution is -2.19. The van der Waals surface area contributed by atoms with Crippen LogP contribution in [0.15, 0.2) is 63.8 Å².